The number of carbonyl (C=O) groups excluding carboxylic acids is 2. The van der Waals surface area contributed by atoms with Crippen molar-refractivity contribution in [2.45, 2.75) is 78.2 Å². The minimum atomic E-state index is -3.62. The van der Waals surface area contributed by atoms with Crippen molar-refractivity contribution in [1.29, 1.82) is 0 Å². The van der Waals surface area contributed by atoms with Crippen molar-refractivity contribution in [3.05, 3.63) is 53.2 Å². The molecule has 1 fully saturated rings. The van der Waals surface area contributed by atoms with Gasteiger partial charge in [-0.05, 0) is 73.4 Å². The van der Waals surface area contributed by atoms with E-state index < -0.39 is 22.0 Å². The number of nitrogens with zero attached hydrogens (tertiary/aromatic N) is 3. The summed E-state index contributed by atoms with van der Waals surface area (Å²) < 4.78 is 39.0. The van der Waals surface area contributed by atoms with Gasteiger partial charge in [0.1, 0.15) is 0 Å². The molecule has 4 rings (SSSR count). The van der Waals surface area contributed by atoms with Crippen LogP contribution < -0.4 is 24.8 Å². The zero-order valence-corrected chi connectivity index (χ0v) is 27.2. The number of anilines is 2. The number of rotatable bonds is 9. The maximum Gasteiger partial charge on any atom is 0.414 e. The normalized spacial score (nSPS) is 14.9. The Morgan fingerprint density at radius 1 is 1.07 bits per heavy atom. The Balaban J connectivity index is 1.54. The molecule has 12 nitrogen and oxygen atoms in total. The van der Waals surface area contributed by atoms with Crippen LogP contribution in [0.25, 0.3) is 5.69 Å². The molecular weight excluding hydrogens is 584 g/mol. The third-order valence-electron chi connectivity index (χ3n) is 7.79. The Morgan fingerprint density at radius 3 is 2.39 bits per heavy atom. The first-order valence-corrected chi connectivity index (χ1v) is 16.6. The topological polar surface area (TPSA) is 154 Å². The summed E-state index contributed by atoms with van der Waals surface area (Å²) in [5.41, 5.74) is 2.64. The van der Waals surface area contributed by atoms with E-state index in [9.17, 15) is 18.0 Å². The first-order chi connectivity index (χ1) is 20.6. The van der Waals surface area contributed by atoms with Gasteiger partial charge in [-0.25, -0.2) is 17.9 Å². The van der Waals surface area contributed by atoms with E-state index in [1.807, 2.05) is 34.6 Å². The molecule has 3 N–H and O–H groups in total. The second-order valence-electron chi connectivity index (χ2n) is 12.4. The van der Waals surface area contributed by atoms with E-state index >= 15 is 0 Å². The van der Waals surface area contributed by atoms with Crippen LogP contribution in [0, 0.1) is 12.8 Å². The average molecular weight is 627 g/mol. The van der Waals surface area contributed by atoms with E-state index in [4.69, 9.17) is 9.47 Å². The summed E-state index contributed by atoms with van der Waals surface area (Å²) in [5.74, 6) is 0.191. The summed E-state index contributed by atoms with van der Waals surface area (Å²) in [5, 5.41) is 13.9. The lowest BCUT2D eigenvalue weighted by Gasteiger charge is -2.27. The number of amides is 2. The maximum atomic E-state index is 13.5. The number of carbonyl (C=O) groups is 2. The Labute approximate surface area is 258 Å². The van der Waals surface area contributed by atoms with Crippen LogP contribution in [0.5, 0.6) is 11.6 Å². The summed E-state index contributed by atoms with van der Waals surface area (Å²) in [6, 6.07) is 8.53. The lowest BCUT2D eigenvalue weighted by molar-refractivity contribution is 0.102. The number of aryl methyl sites for hydroxylation is 1. The maximum absolute atomic E-state index is 13.5. The number of nitrogens with one attached hydrogen (secondary N) is 3. The molecule has 1 saturated carbocycles. The predicted molar refractivity (Wildman–Crippen MR) is 169 cm³/mol. The van der Waals surface area contributed by atoms with Crippen molar-refractivity contribution in [3.8, 4) is 17.3 Å². The molecule has 2 amide bonds. The average Bonchev–Trinajstić information content (AvgIpc) is 3.40. The molecule has 13 heteroatoms. The van der Waals surface area contributed by atoms with Crippen LogP contribution >= 0.6 is 0 Å². The van der Waals surface area contributed by atoms with Crippen LogP contribution in [-0.2, 0) is 15.4 Å². The first kappa shape index (κ1) is 32.8. The van der Waals surface area contributed by atoms with E-state index in [0.29, 0.717) is 22.9 Å². The lowest BCUT2D eigenvalue weighted by Crippen LogP contribution is -2.40. The van der Waals surface area contributed by atoms with Gasteiger partial charge >= 0.3 is 6.09 Å². The molecule has 0 bridgehead atoms. The number of hydrogen-bond donors (Lipinski definition) is 3. The fraction of sp³-hybridized carbons (Fsp3) is 0.484. The van der Waals surface area contributed by atoms with Gasteiger partial charge in [-0.2, -0.15) is 0 Å². The van der Waals surface area contributed by atoms with E-state index in [0.717, 1.165) is 30.2 Å². The molecule has 44 heavy (non-hydrogen) atoms. The van der Waals surface area contributed by atoms with Crippen LogP contribution in [0.4, 0.5) is 16.2 Å². The Bertz CT molecular complexity index is 1620. The third kappa shape index (κ3) is 8.28. The van der Waals surface area contributed by atoms with Gasteiger partial charge in [0.15, 0.2) is 5.75 Å². The number of benzene rings is 2. The summed E-state index contributed by atoms with van der Waals surface area (Å²) in [6.45, 7) is 9.79. The molecule has 2 aromatic carbocycles. The summed E-state index contributed by atoms with van der Waals surface area (Å²) in [7, 11) is -2.22. The molecule has 1 heterocycles. The number of aromatic nitrogens is 3. The second kappa shape index (κ2) is 13.2. The van der Waals surface area contributed by atoms with Crippen molar-refractivity contribution in [3.63, 3.8) is 0 Å². The summed E-state index contributed by atoms with van der Waals surface area (Å²) in [4.78, 5) is 26.0. The van der Waals surface area contributed by atoms with Gasteiger partial charge in [0.05, 0.1) is 36.6 Å². The van der Waals surface area contributed by atoms with E-state index in [1.54, 1.807) is 30.3 Å². The van der Waals surface area contributed by atoms with Crippen LogP contribution in [0.1, 0.15) is 81.3 Å². The monoisotopic (exact) mass is 626 g/mol. The summed E-state index contributed by atoms with van der Waals surface area (Å²) >= 11 is 0. The van der Waals surface area contributed by atoms with Crippen molar-refractivity contribution < 1.29 is 27.5 Å². The zero-order valence-electron chi connectivity index (χ0n) is 26.4. The van der Waals surface area contributed by atoms with E-state index in [-0.39, 0.29) is 28.8 Å². The minimum absolute atomic E-state index is 0.00349. The summed E-state index contributed by atoms with van der Waals surface area (Å²) in [6.07, 6.45) is 7.71. The van der Waals surface area contributed by atoms with Crippen molar-refractivity contribution >= 4 is 33.4 Å². The van der Waals surface area contributed by atoms with Gasteiger partial charge < -0.3 is 20.1 Å². The molecule has 0 unspecified atom stereocenters. The predicted octanol–water partition coefficient (Wildman–Crippen LogP) is 5.56. The Morgan fingerprint density at radius 2 is 1.75 bits per heavy atom. The van der Waals surface area contributed by atoms with Gasteiger partial charge in [-0.15, -0.1) is 0 Å². The fourth-order valence-corrected chi connectivity index (χ4v) is 5.87. The molecule has 0 spiro atoms. The Kier molecular flexibility index (Phi) is 9.87. The number of sulfonamides is 1. The third-order valence-corrected chi connectivity index (χ3v) is 8.38. The number of ether oxygens (including phenoxy) is 2. The van der Waals surface area contributed by atoms with Gasteiger partial charge in [-0.1, -0.05) is 56.4 Å². The molecule has 238 valence electrons. The second-order valence-corrected chi connectivity index (χ2v) is 14.2. The number of hydrogen-bond acceptors (Lipinski definition) is 8. The van der Waals surface area contributed by atoms with Crippen LogP contribution in [0.15, 0.2) is 36.5 Å². The van der Waals surface area contributed by atoms with Crippen molar-refractivity contribution in [2.75, 3.05) is 23.4 Å². The van der Waals surface area contributed by atoms with E-state index in [1.165, 1.54) is 37.3 Å². The SMILES string of the molecule is COc1c(NC(=O)c2ccc(C)c(-n3cc(OC(=O)N[C@@H](C)C4CCCCC4)nn3)c2)cc(C(C)(C)C)cc1NS(C)(=O)=O. The Hall–Kier alpha value is -4.13. The largest absolute Gasteiger partial charge is 0.492 e. The van der Waals surface area contributed by atoms with E-state index in [2.05, 4.69) is 25.7 Å². The highest BCUT2D eigenvalue weighted by Crippen LogP contribution is 2.39. The zero-order chi connectivity index (χ0) is 32.2. The highest BCUT2D eigenvalue weighted by atomic mass is 32.2. The molecule has 1 aromatic heterocycles. The molecule has 0 saturated heterocycles. The smallest absolute Gasteiger partial charge is 0.414 e. The van der Waals surface area contributed by atoms with Crippen LogP contribution in [-0.4, -0.2) is 54.8 Å². The van der Waals surface area contributed by atoms with Gasteiger partial charge in [0.2, 0.25) is 10.0 Å². The molecular formula is C31H42N6O6S. The van der Waals surface area contributed by atoms with Gasteiger partial charge in [0.25, 0.3) is 11.8 Å². The molecule has 3 aromatic rings. The van der Waals surface area contributed by atoms with Gasteiger partial charge in [-0.3, -0.25) is 9.52 Å². The molecule has 1 aliphatic rings. The highest BCUT2D eigenvalue weighted by Gasteiger charge is 2.24. The van der Waals surface area contributed by atoms with Crippen LogP contribution in [0.3, 0.4) is 0 Å². The van der Waals surface area contributed by atoms with Crippen molar-refractivity contribution in [2.24, 2.45) is 5.92 Å². The highest BCUT2D eigenvalue weighted by molar-refractivity contribution is 7.92. The van der Waals surface area contributed by atoms with Gasteiger partial charge in [0, 0.05) is 11.6 Å². The number of methoxy groups -OCH3 is 1. The van der Waals surface area contributed by atoms with Crippen molar-refractivity contribution in [1.82, 2.24) is 20.3 Å². The van der Waals surface area contributed by atoms with Crippen LogP contribution in [0.2, 0.25) is 0 Å². The minimum Gasteiger partial charge on any atom is -0.492 e. The quantitative estimate of drug-likeness (QED) is 0.279. The standard InChI is InChI=1S/C31H42N6O6S/c1-19-13-14-22(29(38)33-24-16-23(31(3,4)5)17-25(28(24)42-6)35-44(7,40)41)15-26(19)37-18-27(34-36-37)43-30(39)32-20(2)21-11-9-8-10-12-21/h13-18,20-21,35H,8-12H2,1-7H3,(H,32,39)(H,33,38)/t20-/m0/s1. The lowest BCUT2D eigenvalue weighted by atomic mass is 9.85. The molecule has 0 radical (unpaired) electrons. The first-order valence-electron chi connectivity index (χ1n) is 14.7. The fourth-order valence-electron chi connectivity index (χ4n) is 5.32. The molecule has 1 atom stereocenters. The molecule has 0 aliphatic heterocycles. The molecule has 1 aliphatic carbocycles.